The molecule has 3 rings (SSSR count). The number of hydrogen-bond acceptors (Lipinski definition) is 3. The highest BCUT2D eigenvalue weighted by molar-refractivity contribution is 5.80. The fourth-order valence-corrected chi connectivity index (χ4v) is 2.19. The Kier molecular flexibility index (Phi) is 3.31. The van der Waals surface area contributed by atoms with Crippen molar-refractivity contribution in [3.05, 3.63) is 76.2 Å². The summed E-state index contributed by atoms with van der Waals surface area (Å²) in [5.41, 5.74) is 7.62. The van der Waals surface area contributed by atoms with E-state index in [9.17, 15) is 4.79 Å². The molecule has 0 unspecified atom stereocenters. The van der Waals surface area contributed by atoms with E-state index in [4.69, 9.17) is 5.73 Å². The molecule has 0 aliphatic heterocycles. The van der Waals surface area contributed by atoms with Crippen LogP contribution >= 0.6 is 0 Å². The monoisotopic (exact) mass is 265 g/mol. The van der Waals surface area contributed by atoms with Crippen molar-refractivity contribution in [2.45, 2.75) is 13.1 Å². The van der Waals surface area contributed by atoms with Crippen molar-refractivity contribution in [2.24, 2.45) is 5.73 Å². The average Bonchev–Trinajstić information content (AvgIpc) is 2.51. The first-order valence-electron chi connectivity index (χ1n) is 6.50. The van der Waals surface area contributed by atoms with Crippen LogP contribution in [0.1, 0.15) is 11.1 Å². The molecule has 0 radical (unpaired) electrons. The summed E-state index contributed by atoms with van der Waals surface area (Å²) in [7, 11) is 0. The molecule has 0 atom stereocenters. The number of fused-ring (bicyclic) bond motifs is 1. The number of nitrogens with two attached hydrogens (primary N) is 1. The number of aromatic nitrogens is 2. The van der Waals surface area contributed by atoms with E-state index in [-0.39, 0.29) is 5.56 Å². The van der Waals surface area contributed by atoms with Gasteiger partial charge in [-0.25, -0.2) is 4.68 Å². The molecular formula is C16H15N3O. The summed E-state index contributed by atoms with van der Waals surface area (Å²) in [6.07, 6.45) is 1.73. The van der Waals surface area contributed by atoms with Gasteiger partial charge in [0.15, 0.2) is 0 Å². The van der Waals surface area contributed by atoms with Crippen LogP contribution in [-0.2, 0) is 13.1 Å². The molecule has 1 aromatic heterocycles. The molecule has 100 valence electrons. The molecule has 3 aromatic rings. The molecule has 0 aliphatic rings. The summed E-state index contributed by atoms with van der Waals surface area (Å²) in [5, 5.41) is 5.79. The van der Waals surface area contributed by atoms with E-state index in [1.165, 1.54) is 4.68 Å². The van der Waals surface area contributed by atoms with Crippen LogP contribution < -0.4 is 11.3 Å². The van der Waals surface area contributed by atoms with Crippen molar-refractivity contribution >= 4 is 10.8 Å². The minimum absolute atomic E-state index is 0.0639. The zero-order valence-corrected chi connectivity index (χ0v) is 11.0. The van der Waals surface area contributed by atoms with Gasteiger partial charge in [-0.1, -0.05) is 42.5 Å². The fraction of sp³-hybridized carbons (Fsp3) is 0.125. The summed E-state index contributed by atoms with van der Waals surface area (Å²) < 4.78 is 1.49. The maximum atomic E-state index is 12.3. The number of rotatable bonds is 3. The fourth-order valence-electron chi connectivity index (χ4n) is 2.19. The molecule has 0 bridgehead atoms. The van der Waals surface area contributed by atoms with Gasteiger partial charge in [0.2, 0.25) is 0 Å². The molecule has 4 heteroatoms. The number of hydrogen-bond donors (Lipinski definition) is 1. The van der Waals surface area contributed by atoms with Crippen molar-refractivity contribution in [1.29, 1.82) is 0 Å². The Bertz CT molecular complexity index is 791. The van der Waals surface area contributed by atoms with Crippen LogP contribution in [-0.4, -0.2) is 9.78 Å². The summed E-state index contributed by atoms with van der Waals surface area (Å²) >= 11 is 0. The van der Waals surface area contributed by atoms with E-state index in [0.717, 1.165) is 16.5 Å². The first-order valence-corrected chi connectivity index (χ1v) is 6.50. The first-order chi connectivity index (χ1) is 9.78. The van der Waals surface area contributed by atoms with E-state index < -0.39 is 0 Å². The third-order valence-electron chi connectivity index (χ3n) is 3.35. The van der Waals surface area contributed by atoms with Crippen molar-refractivity contribution in [2.75, 3.05) is 0 Å². The van der Waals surface area contributed by atoms with Gasteiger partial charge in [-0.05, 0) is 17.2 Å². The van der Waals surface area contributed by atoms with Crippen molar-refractivity contribution in [3.8, 4) is 0 Å². The molecule has 1 heterocycles. The second-order valence-electron chi connectivity index (χ2n) is 4.72. The summed E-state index contributed by atoms with van der Waals surface area (Å²) in [6, 6.07) is 15.4. The van der Waals surface area contributed by atoms with Crippen LogP contribution in [0.2, 0.25) is 0 Å². The molecule has 4 nitrogen and oxygen atoms in total. The largest absolute Gasteiger partial charge is 0.326 e. The lowest BCUT2D eigenvalue weighted by Gasteiger charge is -2.06. The summed E-state index contributed by atoms with van der Waals surface area (Å²) in [5.74, 6) is 0. The number of nitrogens with zero attached hydrogens (tertiary/aromatic N) is 2. The second-order valence-corrected chi connectivity index (χ2v) is 4.72. The lowest BCUT2D eigenvalue weighted by molar-refractivity contribution is 0.647. The van der Waals surface area contributed by atoms with Crippen LogP contribution in [0.5, 0.6) is 0 Å². The van der Waals surface area contributed by atoms with Gasteiger partial charge in [0.05, 0.1) is 18.1 Å². The topological polar surface area (TPSA) is 60.9 Å². The van der Waals surface area contributed by atoms with Gasteiger partial charge in [-0.2, -0.15) is 5.10 Å². The Morgan fingerprint density at radius 2 is 1.70 bits per heavy atom. The SMILES string of the molecule is NCc1ccc(Cn2ncc3ccccc3c2=O)cc1. The molecule has 20 heavy (non-hydrogen) atoms. The summed E-state index contributed by atoms with van der Waals surface area (Å²) in [6.45, 7) is 0.989. The number of benzene rings is 2. The second kappa shape index (κ2) is 5.27. The van der Waals surface area contributed by atoms with Gasteiger partial charge < -0.3 is 5.73 Å². The van der Waals surface area contributed by atoms with Crippen LogP contribution in [0, 0.1) is 0 Å². The minimum atomic E-state index is -0.0639. The Morgan fingerprint density at radius 3 is 2.45 bits per heavy atom. The van der Waals surface area contributed by atoms with E-state index >= 15 is 0 Å². The van der Waals surface area contributed by atoms with Gasteiger partial charge >= 0.3 is 0 Å². The van der Waals surface area contributed by atoms with Crippen molar-refractivity contribution in [3.63, 3.8) is 0 Å². The lowest BCUT2D eigenvalue weighted by atomic mass is 10.1. The van der Waals surface area contributed by atoms with E-state index in [1.54, 1.807) is 6.20 Å². The molecule has 0 spiro atoms. The normalized spacial score (nSPS) is 10.8. The quantitative estimate of drug-likeness (QED) is 0.786. The molecule has 0 fully saturated rings. The van der Waals surface area contributed by atoms with E-state index in [2.05, 4.69) is 5.10 Å². The average molecular weight is 265 g/mol. The standard InChI is InChI=1S/C16H15N3O/c17-9-12-5-7-13(8-6-12)11-19-16(20)15-4-2-1-3-14(15)10-18-19/h1-8,10H,9,11,17H2. The van der Waals surface area contributed by atoms with Crippen LogP contribution in [0.15, 0.2) is 59.5 Å². The maximum absolute atomic E-state index is 12.3. The Morgan fingerprint density at radius 1 is 1.00 bits per heavy atom. The summed E-state index contributed by atoms with van der Waals surface area (Å²) in [4.78, 5) is 12.3. The highest BCUT2D eigenvalue weighted by Gasteiger charge is 2.04. The van der Waals surface area contributed by atoms with Gasteiger partial charge in [-0.15, -0.1) is 0 Å². The van der Waals surface area contributed by atoms with E-state index in [1.807, 2.05) is 48.5 Å². The molecular weight excluding hydrogens is 250 g/mol. The predicted octanol–water partition coefficient (Wildman–Crippen LogP) is 1.90. The van der Waals surface area contributed by atoms with Gasteiger partial charge in [0, 0.05) is 11.9 Å². The minimum Gasteiger partial charge on any atom is -0.326 e. The van der Waals surface area contributed by atoms with Crippen molar-refractivity contribution < 1.29 is 0 Å². The molecule has 0 saturated heterocycles. The molecule has 2 aromatic carbocycles. The zero-order chi connectivity index (χ0) is 13.9. The first kappa shape index (κ1) is 12.6. The maximum Gasteiger partial charge on any atom is 0.274 e. The molecule has 0 aliphatic carbocycles. The highest BCUT2D eigenvalue weighted by atomic mass is 16.1. The van der Waals surface area contributed by atoms with Crippen LogP contribution in [0.25, 0.3) is 10.8 Å². The Balaban J connectivity index is 1.98. The molecule has 0 saturated carbocycles. The predicted molar refractivity (Wildman–Crippen MR) is 79.4 cm³/mol. The van der Waals surface area contributed by atoms with Gasteiger partial charge in [-0.3, -0.25) is 4.79 Å². The van der Waals surface area contributed by atoms with Gasteiger partial charge in [0.1, 0.15) is 0 Å². The Labute approximate surface area is 116 Å². The van der Waals surface area contributed by atoms with Gasteiger partial charge in [0.25, 0.3) is 5.56 Å². The van der Waals surface area contributed by atoms with Crippen LogP contribution in [0.3, 0.4) is 0 Å². The highest BCUT2D eigenvalue weighted by Crippen LogP contribution is 2.08. The Hall–Kier alpha value is -2.46. The third kappa shape index (κ3) is 2.33. The smallest absolute Gasteiger partial charge is 0.274 e. The zero-order valence-electron chi connectivity index (χ0n) is 11.0. The van der Waals surface area contributed by atoms with E-state index in [0.29, 0.717) is 18.5 Å². The van der Waals surface area contributed by atoms with Crippen molar-refractivity contribution in [1.82, 2.24) is 9.78 Å². The van der Waals surface area contributed by atoms with Crippen LogP contribution in [0.4, 0.5) is 0 Å². The third-order valence-corrected chi connectivity index (χ3v) is 3.35. The lowest BCUT2D eigenvalue weighted by Crippen LogP contribution is -2.23. The molecule has 0 amide bonds. The molecule has 2 N–H and O–H groups in total.